The molecule has 0 unspecified atom stereocenters. The summed E-state index contributed by atoms with van der Waals surface area (Å²) in [6, 6.07) is 93.6. The summed E-state index contributed by atoms with van der Waals surface area (Å²) in [6.45, 7) is 0. The van der Waals surface area contributed by atoms with Crippen LogP contribution in [-0.4, -0.2) is 19.9 Å². The highest BCUT2D eigenvalue weighted by Crippen LogP contribution is 2.63. The Labute approximate surface area is 456 Å². The quantitative estimate of drug-likeness (QED) is 0.176. The minimum atomic E-state index is -0.533. The molecule has 0 aliphatic heterocycles. The van der Waals surface area contributed by atoms with E-state index in [0.29, 0.717) is 5.82 Å². The zero-order valence-corrected chi connectivity index (χ0v) is 42.7. The van der Waals surface area contributed by atoms with Crippen LogP contribution in [-0.2, 0) is 5.41 Å². The highest BCUT2D eigenvalue weighted by atomic mass is 14.9. The van der Waals surface area contributed by atoms with Crippen molar-refractivity contribution in [2.45, 2.75) is 5.41 Å². The molecule has 0 atom stereocenters. The number of aromatic nitrogens is 4. The van der Waals surface area contributed by atoms with Gasteiger partial charge in [-0.15, -0.1) is 0 Å². The van der Waals surface area contributed by atoms with E-state index < -0.39 is 5.41 Å². The van der Waals surface area contributed by atoms with E-state index in [2.05, 4.69) is 243 Å². The topological polar surface area (TPSA) is 51.6 Å². The molecule has 0 saturated heterocycles. The molecular formula is C75H44N4. The van der Waals surface area contributed by atoms with Crippen LogP contribution in [0.2, 0.25) is 0 Å². The lowest BCUT2D eigenvalue weighted by atomic mass is 9.70. The summed E-state index contributed by atoms with van der Waals surface area (Å²) < 4.78 is 0. The van der Waals surface area contributed by atoms with Gasteiger partial charge in [0.05, 0.1) is 27.7 Å². The number of hydrogen-bond donors (Lipinski definition) is 0. The summed E-state index contributed by atoms with van der Waals surface area (Å²) in [6.07, 6.45) is 3.74. The summed E-state index contributed by atoms with van der Waals surface area (Å²) in [5.41, 5.74) is 28.8. The lowest BCUT2D eigenvalue weighted by Crippen LogP contribution is -2.25. The van der Waals surface area contributed by atoms with Crippen molar-refractivity contribution < 1.29 is 0 Å². The molecule has 79 heavy (non-hydrogen) atoms. The second-order valence-corrected chi connectivity index (χ2v) is 21.1. The Morgan fingerprint density at radius 1 is 0.241 bits per heavy atom. The number of nitrogens with zero attached hydrogens (tertiary/aromatic N) is 4. The molecule has 17 rings (SSSR count). The Morgan fingerprint density at radius 2 is 0.658 bits per heavy atom. The van der Waals surface area contributed by atoms with Crippen molar-refractivity contribution in [1.29, 1.82) is 0 Å². The summed E-state index contributed by atoms with van der Waals surface area (Å²) in [5, 5.41) is 3.00. The van der Waals surface area contributed by atoms with Crippen LogP contribution in [0.1, 0.15) is 22.3 Å². The second kappa shape index (κ2) is 16.8. The highest BCUT2D eigenvalue weighted by Gasteiger charge is 2.51. The zero-order chi connectivity index (χ0) is 51.8. The number of hydrogen-bond acceptors (Lipinski definition) is 4. The van der Waals surface area contributed by atoms with Gasteiger partial charge in [-0.3, -0.25) is 9.97 Å². The molecule has 0 radical (unpaired) electrons. The minimum Gasteiger partial charge on any atom is -0.256 e. The fourth-order valence-corrected chi connectivity index (χ4v) is 13.8. The fourth-order valence-electron chi connectivity index (χ4n) is 13.8. The third kappa shape index (κ3) is 6.25. The molecule has 0 bridgehead atoms. The molecule has 4 nitrogen and oxygen atoms in total. The van der Waals surface area contributed by atoms with Gasteiger partial charge in [-0.2, -0.15) is 0 Å². The van der Waals surface area contributed by atoms with E-state index in [-0.39, 0.29) is 0 Å². The predicted octanol–water partition coefficient (Wildman–Crippen LogP) is 18.7. The van der Waals surface area contributed by atoms with Crippen LogP contribution < -0.4 is 0 Å². The standard InChI is InChI=1S/C75H44N4/c1-2-22-51-50(21-1)52-23-3-4-25-54(52)56-37-35-47(41-64(56)55-26-6-5-24-53(51)55)49-42-63(48-36-38-60-59-29-9-12-34-68(59)75(69(60)44-48)66-32-10-7-27-57(66)58-28-8-11-33-67(58)75)73-65(43-49)72(61-30-13-17-45-19-15-39-76-70(45)61)78-74(79-73)62-31-14-18-46-20-16-40-77-71(46)62/h1-44H. The number of fused-ring (bicyclic) bond motifs is 21. The highest BCUT2D eigenvalue weighted by molar-refractivity contribution is 6.10. The van der Waals surface area contributed by atoms with Gasteiger partial charge < -0.3 is 0 Å². The Kier molecular flexibility index (Phi) is 9.30. The summed E-state index contributed by atoms with van der Waals surface area (Å²) in [5.74, 6) is 0.606. The maximum absolute atomic E-state index is 5.76. The van der Waals surface area contributed by atoms with Gasteiger partial charge in [0.2, 0.25) is 0 Å². The number of para-hydroxylation sites is 2. The maximum Gasteiger partial charge on any atom is 0.162 e. The van der Waals surface area contributed by atoms with Gasteiger partial charge in [-0.25, -0.2) is 9.97 Å². The number of rotatable bonds is 4. The first-order valence-electron chi connectivity index (χ1n) is 27.1. The normalized spacial score (nSPS) is 12.9. The van der Waals surface area contributed by atoms with Crippen molar-refractivity contribution in [3.05, 3.63) is 289 Å². The summed E-state index contributed by atoms with van der Waals surface area (Å²) >= 11 is 0. The molecule has 0 N–H and O–H groups in total. The molecule has 3 aliphatic carbocycles. The first kappa shape index (κ1) is 43.8. The van der Waals surface area contributed by atoms with Crippen molar-refractivity contribution in [2.24, 2.45) is 0 Å². The Hall–Kier alpha value is -10.4. The van der Waals surface area contributed by atoms with Gasteiger partial charge in [-0.05, 0) is 148 Å². The van der Waals surface area contributed by atoms with Crippen LogP contribution in [0, 0.1) is 0 Å². The molecule has 11 aromatic carbocycles. The third-order valence-corrected chi connectivity index (χ3v) is 17.2. The van der Waals surface area contributed by atoms with Gasteiger partial charge >= 0.3 is 0 Å². The van der Waals surface area contributed by atoms with Gasteiger partial charge in [0.15, 0.2) is 5.82 Å². The lowest BCUT2D eigenvalue weighted by molar-refractivity contribution is 0.794. The van der Waals surface area contributed by atoms with Crippen LogP contribution in [0.15, 0.2) is 267 Å². The van der Waals surface area contributed by atoms with E-state index >= 15 is 0 Å². The van der Waals surface area contributed by atoms with Crippen molar-refractivity contribution >= 4 is 32.7 Å². The number of pyridine rings is 2. The molecule has 0 fully saturated rings. The van der Waals surface area contributed by atoms with Crippen LogP contribution in [0.4, 0.5) is 0 Å². The Bertz CT molecular complexity index is 4850. The van der Waals surface area contributed by atoms with E-state index in [1.807, 2.05) is 24.5 Å². The van der Waals surface area contributed by atoms with Crippen LogP contribution in [0.25, 0.3) is 144 Å². The van der Waals surface area contributed by atoms with Gasteiger partial charge in [-0.1, -0.05) is 212 Å². The molecule has 1 spiro atoms. The van der Waals surface area contributed by atoms with Crippen molar-refractivity contribution in [3.63, 3.8) is 0 Å². The zero-order valence-electron chi connectivity index (χ0n) is 42.7. The Morgan fingerprint density at radius 3 is 1.23 bits per heavy atom. The molecule has 0 amide bonds. The largest absolute Gasteiger partial charge is 0.256 e. The van der Waals surface area contributed by atoms with Crippen molar-refractivity contribution in [3.8, 4) is 112 Å². The molecule has 3 aliphatic rings. The molecule has 3 aromatic heterocycles. The second-order valence-electron chi connectivity index (χ2n) is 21.1. The average Bonchev–Trinajstić information content (AvgIpc) is 4.17. The first-order chi connectivity index (χ1) is 39.2. The van der Waals surface area contributed by atoms with Gasteiger partial charge in [0.25, 0.3) is 0 Å². The molecule has 3 heterocycles. The smallest absolute Gasteiger partial charge is 0.162 e. The average molecular weight is 1000 g/mol. The molecular weight excluding hydrogens is 957 g/mol. The van der Waals surface area contributed by atoms with Crippen LogP contribution in [0.5, 0.6) is 0 Å². The molecule has 364 valence electrons. The molecule has 4 heteroatoms. The van der Waals surface area contributed by atoms with Crippen LogP contribution >= 0.6 is 0 Å². The van der Waals surface area contributed by atoms with E-state index in [0.717, 1.165) is 71.8 Å². The first-order valence-corrected chi connectivity index (χ1v) is 27.1. The van der Waals surface area contributed by atoms with E-state index in [1.165, 1.54) is 89.0 Å². The summed E-state index contributed by atoms with van der Waals surface area (Å²) in [4.78, 5) is 21.5. The van der Waals surface area contributed by atoms with E-state index in [9.17, 15) is 0 Å². The van der Waals surface area contributed by atoms with E-state index in [4.69, 9.17) is 19.9 Å². The third-order valence-electron chi connectivity index (χ3n) is 17.2. The van der Waals surface area contributed by atoms with Gasteiger partial charge in [0.1, 0.15) is 0 Å². The van der Waals surface area contributed by atoms with Gasteiger partial charge in [0, 0.05) is 45.2 Å². The van der Waals surface area contributed by atoms with Crippen molar-refractivity contribution in [2.75, 3.05) is 0 Å². The fraction of sp³-hybridized carbons (Fsp3) is 0.0133. The van der Waals surface area contributed by atoms with E-state index in [1.54, 1.807) is 0 Å². The maximum atomic E-state index is 5.76. The predicted molar refractivity (Wildman–Crippen MR) is 323 cm³/mol. The Balaban J connectivity index is 0.988. The number of benzene rings is 11. The molecule has 14 aromatic rings. The van der Waals surface area contributed by atoms with Crippen LogP contribution in [0.3, 0.4) is 0 Å². The summed E-state index contributed by atoms with van der Waals surface area (Å²) in [7, 11) is 0. The van der Waals surface area contributed by atoms with Crippen molar-refractivity contribution in [1.82, 2.24) is 19.9 Å². The lowest BCUT2D eigenvalue weighted by Gasteiger charge is -2.30. The minimum absolute atomic E-state index is 0.533. The SMILES string of the molecule is c1ccc2c(c1)-c1ccccc1-c1ccc(-c3cc(-c4ccc5c(c4)C4(c6ccccc6-c6ccccc64)c4ccccc4-5)c4nc(-c5cccc6cccnc56)nc(-c5cccc6cccnc56)c4c3)cc1-c1ccccc1-2. The monoisotopic (exact) mass is 1000 g/mol. The molecule has 0 saturated carbocycles.